The largest absolute Gasteiger partial charge is 0.459 e. The van der Waals surface area contributed by atoms with Crippen LogP contribution >= 0.6 is 0 Å². The van der Waals surface area contributed by atoms with E-state index in [4.69, 9.17) is 18.9 Å². The first-order chi connectivity index (χ1) is 17.0. The number of aliphatic hydroxyl groups is 3. The highest BCUT2D eigenvalue weighted by molar-refractivity contribution is 5.73. The second-order valence-corrected chi connectivity index (χ2v) is 12.5. The molecule has 9 nitrogen and oxygen atoms in total. The quantitative estimate of drug-likeness (QED) is 0.471. The van der Waals surface area contributed by atoms with E-state index in [1.807, 2.05) is 46.6 Å². The van der Waals surface area contributed by atoms with Gasteiger partial charge in [0.2, 0.25) is 0 Å². The SMILES string of the molecule is CC[C@H]1OC(=O)C(C)[C@@H](O[C@H]2C[C@@](C)(OC)CC(C)O2)[C@H](C)C[C@](C)(O)CCN(C)C(C)C(O)[C@]1(C)O. The zero-order valence-electron chi connectivity index (χ0n) is 24.7. The first-order valence-electron chi connectivity index (χ1n) is 13.9. The third kappa shape index (κ3) is 8.10. The number of nitrogens with zero attached hydrogens (tertiary/aromatic N) is 1. The summed E-state index contributed by atoms with van der Waals surface area (Å²) >= 11 is 0. The lowest BCUT2D eigenvalue weighted by atomic mass is 9.82. The second-order valence-electron chi connectivity index (χ2n) is 12.5. The summed E-state index contributed by atoms with van der Waals surface area (Å²) in [7, 11) is 3.53. The fourth-order valence-corrected chi connectivity index (χ4v) is 6.02. The van der Waals surface area contributed by atoms with Gasteiger partial charge in [-0.2, -0.15) is 0 Å². The van der Waals surface area contributed by atoms with Crippen molar-refractivity contribution in [3.63, 3.8) is 0 Å². The molecule has 0 bridgehead atoms. The summed E-state index contributed by atoms with van der Waals surface area (Å²) in [6, 6.07) is -0.423. The molecule has 0 aliphatic carbocycles. The average Bonchev–Trinajstić information content (AvgIpc) is 2.81. The van der Waals surface area contributed by atoms with Gasteiger partial charge in [0, 0.05) is 32.5 Å². The average molecular weight is 532 g/mol. The lowest BCUT2D eigenvalue weighted by molar-refractivity contribution is -0.266. The van der Waals surface area contributed by atoms with E-state index in [2.05, 4.69) is 0 Å². The number of esters is 1. The molecular formula is C28H53NO8. The van der Waals surface area contributed by atoms with Crippen LogP contribution in [0.25, 0.3) is 0 Å². The molecule has 0 aromatic heterocycles. The van der Waals surface area contributed by atoms with Gasteiger partial charge in [-0.3, -0.25) is 4.79 Å². The monoisotopic (exact) mass is 531 g/mol. The molecule has 0 radical (unpaired) electrons. The van der Waals surface area contributed by atoms with Crippen molar-refractivity contribution in [2.24, 2.45) is 11.8 Å². The molecule has 3 N–H and O–H groups in total. The number of hydrogen-bond donors (Lipinski definition) is 3. The summed E-state index contributed by atoms with van der Waals surface area (Å²) < 4.78 is 24.2. The van der Waals surface area contributed by atoms with Crippen LogP contribution in [0.3, 0.4) is 0 Å². The van der Waals surface area contributed by atoms with Crippen LogP contribution in [0.5, 0.6) is 0 Å². The van der Waals surface area contributed by atoms with E-state index >= 15 is 0 Å². The minimum absolute atomic E-state index is 0.0820. The maximum atomic E-state index is 13.5. The Morgan fingerprint density at radius 1 is 1.08 bits per heavy atom. The van der Waals surface area contributed by atoms with Crippen LogP contribution in [0, 0.1) is 11.8 Å². The molecular weight excluding hydrogens is 478 g/mol. The normalized spacial score (nSPS) is 47.8. The number of cyclic esters (lactones) is 1. The predicted octanol–water partition coefficient (Wildman–Crippen LogP) is 2.87. The zero-order chi connectivity index (χ0) is 28.3. The highest BCUT2D eigenvalue weighted by Gasteiger charge is 2.47. The van der Waals surface area contributed by atoms with E-state index in [0.717, 1.165) is 6.42 Å². The smallest absolute Gasteiger partial charge is 0.311 e. The number of likely N-dealkylation sites (N-methyl/N-ethyl adjacent to an activating group) is 1. The van der Waals surface area contributed by atoms with E-state index in [-0.39, 0.29) is 12.0 Å². The molecule has 2 saturated heterocycles. The fourth-order valence-electron chi connectivity index (χ4n) is 6.02. The molecule has 2 rings (SSSR count). The van der Waals surface area contributed by atoms with Crippen LogP contribution in [0.2, 0.25) is 0 Å². The van der Waals surface area contributed by atoms with Crippen molar-refractivity contribution in [1.82, 2.24) is 4.90 Å². The Hall–Kier alpha value is -0.810. The molecule has 37 heavy (non-hydrogen) atoms. The molecule has 0 spiro atoms. The minimum Gasteiger partial charge on any atom is -0.459 e. The number of carbonyl (C=O) groups excluding carboxylic acids is 1. The maximum absolute atomic E-state index is 13.5. The van der Waals surface area contributed by atoms with Crippen molar-refractivity contribution >= 4 is 5.97 Å². The molecule has 2 aliphatic rings. The van der Waals surface area contributed by atoms with Gasteiger partial charge in [0.05, 0.1) is 29.3 Å². The van der Waals surface area contributed by atoms with Gasteiger partial charge in [0.25, 0.3) is 0 Å². The number of carbonyl (C=O) groups is 1. The predicted molar refractivity (Wildman–Crippen MR) is 141 cm³/mol. The molecule has 218 valence electrons. The molecule has 0 aromatic carbocycles. The number of ether oxygens (including phenoxy) is 4. The maximum Gasteiger partial charge on any atom is 0.311 e. The van der Waals surface area contributed by atoms with Crippen molar-refractivity contribution in [3.8, 4) is 0 Å². The Morgan fingerprint density at radius 3 is 2.27 bits per heavy atom. The number of methoxy groups -OCH3 is 1. The Balaban J connectivity index is 2.41. The molecule has 0 aromatic rings. The van der Waals surface area contributed by atoms with Crippen LogP contribution in [0.4, 0.5) is 0 Å². The van der Waals surface area contributed by atoms with E-state index in [9.17, 15) is 20.1 Å². The molecule has 2 heterocycles. The molecule has 9 heteroatoms. The van der Waals surface area contributed by atoms with E-state index < -0.39 is 59.3 Å². The Kier molecular flexibility index (Phi) is 11.0. The summed E-state index contributed by atoms with van der Waals surface area (Å²) in [6.45, 7) is 15.2. The summed E-state index contributed by atoms with van der Waals surface area (Å²) in [5, 5.41) is 33.7. The lowest BCUT2D eigenvalue weighted by Crippen LogP contribution is -2.59. The summed E-state index contributed by atoms with van der Waals surface area (Å²) in [6.07, 6.45) is -0.917. The van der Waals surface area contributed by atoms with Gasteiger partial charge in [0.1, 0.15) is 17.8 Å². The molecule has 2 aliphatic heterocycles. The standard InChI is InChI=1S/C28H53NO8/c1-11-21-28(8,33)24(30)20(5)29(9)13-12-26(6,32)14-17(2)23(19(4)25(31)36-21)37-22-16-27(7,34-10)15-18(3)35-22/h17-24,30,32-33H,11-16H2,1-10H3/t17-,18?,19?,20?,21-,22+,23+,24?,26-,27+,28-/m1/s1. The molecule has 0 amide bonds. The first kappa shape index (κ1) is 32.4. The Labute approximate surface area is 223 Å². The van der Waals surface area contributed by atoms with Crippen LogP contribution in [-0.4, -0.2) is 100 Å². The third-order valence-electron chi connectivity index (χ3n) is 8.73. The van der Waals surface area contributed by atoms with Gasteiger partial charge >= 0.3 is 5.97 Å². The molecule has 0 saturated carbocycles. The van der Waals surface area contributed by atoms with E-state index in [1.54, 1.807) is 21.0 Å². The van der Waals surface area contributed by atoms with Gasteiger partial charge < -0.3 is 39.2 Å². The van der Waals surface area contributed by atoms with Gasteiger partial charge in [-0.1, -0.05) is 13.8 Å². The number of aliphatic hydroxyl groups excluding tert-OH is 1. The van der Waals surface area contributed by atoms with Gasteiger partial charge in [0.15, 0.2) is 6.29 Å². The minimum atomic E-state index is -1.67. The third-order valence-corrected chi connectivity index (χ3v) is 8.73. The topological polar surface area (TPSA) is 118 Å². The van der Waals surface area contributed by atoms with Crippen molar-refractivity contribution in [1.29, 1.82) is 0 Å². The van der Waals surface area contributed by atoms with Crippen LogP contribution < -0.4 is 0 Å². The summed E-state index contributed by atoms with van der Waals surface area (Å²) in [4.78, 5) is 15.4. The Bertz CT molecular complexity index is 746. The van der Waals surface area contributed by atoms with Crippen LogP contribution in [0.1, 0.15) is 87.5 Å². The Morgan fingerprint density at radius 2 is 1.70 bits per heavy atom. The van der Waals surface area contributed by atoms with Gasteiger partial charge in [-0.15, -0.1) is 0 Å². The molecule has 4 unspecified atom stereocenters. The van der Waals surface area contributed by atoms with Crippen molar-refractivity contribution in [3.05, 3.63) is 0 Å². The zero-order valence-corrected chi connectivity index (χ0v) is 24.7. The summed E-state index contributed by atoms with van der Waals surface area (Å²) in [5.41, 5.74) is -3.12. The van der Waals surface area contributed by atoms with Crippen LogP contribution in [0.15, 0.2) is 0 Å². The molecule has 2 fully saturated rings. The number of hydrogen-bond acceptors (Lipinski definition) is 9. The second kappa shape index (κ2) is 12.6. The summed E-state index contributed by atoms with van der Waals surface area (Å²) in [5.74, 6) is -1.43. The van der Waals surface area contributed by atoms with Gasteiger partial charge in [-0.25, -0.2) is 0 Å². The first-order valence-corrected chi connectivity index (χ1v) is 13.9. The number of rotatable bonds is 4. The van der Waals surface area contributed by atoms with Crippen molar-refractivity contribution in [2.75, 3.05) is 20.7 Å². The highest BCUT2D eigenvalue weighted by atomic mass is 16.7. The lowest BCUT2D eigenvalue weighted by Gasteiger charge is -2.44. The van der Waals surface area contributed by atoms with Crippen LogP contribution in [-0.2, 0) is 23.7 Å². The fraction of sp³-hybridized carbons (Fsp3) is 0.964. The van der Waals surface area contributed by atoms with E-state index in [1.165, 1.54) is 6.92 Å². The van der Waals surface area contributed by atoms with Crippen molar-refractivity contribution < 1.29 is 39.1 Å². The van der Waals surface area contributed by atoms with E-state index in [0.29, 0.717) is 32.2 Å². The van der Waals surface area contributed by atoms with Gasteiger partial charge in [-0.05, 0) is 73.8 Å². The molecule has 11 atom stereocenters. The van der Waals surface area contributed by atoms with Crippen molar-refractivity contribution in [2.45, 2.75) is 141 Å². The highest BCUT2D eigenvalue weighted by Crippen LogP contribution is 2.36.